The molecule has 0 spiro atoms. The van der Waals surface area contributed by atoms with E-state index in [1.165, 1.54) is 61.5 Å². The fourth-order valence-electron chi connectivity index (χ4n) is 1.98. The fourth-order valence-corrected chi connectivity index (χ4v) is 4.89. The van der Waals surface area contributed by atoms with Crippen molar-refractivity contribution in [1.82, 2.24) is 0 Å². The van der Waals surface area contributed by atoms with Crippen LogP contribution < -0.4 is 0 Å². The normalized spacial score (nSPS) is 19.1. The minimum absolute atomic E-state index is 0.908. The summed E-state index contributed by atoms with van der Waals surface area (Å²) in [4.78, 5) is 0. The van der Waals surface area contributed by atoms with Crippen molar-refractivity contribution in [1.29, 1.82) is 0 Å². The van der Waals surface area contributed by atoms with E-state index < -0.39 is 0 Å². The van der Waals surface area contributed by atoms with Gasteiger partial charge >= 0.3 is 0 Å². The van der Waals surface area contributed by atoms with Gasteiger partial charge in [-0.1, -0.05) is 36.5 Å². The predicted octanol–water partition coefficient (Wildman–Crippen LogP) is 5.29. The van der Waals surface area contributed by atoms with E-state index in [1.807, 2.05) is 47.0 Å². The summed E-state index contributed by atoms with van der Waals surface area (Å²) in [5.41, 5.74) is 0. The standard InChI is InChI=1S/C22H28S4/c1-2-8-16-24-20-12-6-14-22-26-18-10-4-3-9-17-25-21-13-5-11-19-23-15-7-1/h5-6,11-22H2. The molecule has 0 atom stereocenters. The second-order valence-corrected chi connectivity index (χ2v) is 9.96. The van der Waals surface area contributed by atoms with Crippen molar-refractivity contribution in [2.75, 3.05) is 46.0 Å². The van der Waals surface area contributed by atoms with E-state index >= 15 is 0 Å². The first kappa shape index (κ1) is 23.7. The zero-order chi connectivity index (χ0) is 18.4. The zero-order valence-electron chi connectivity index (χ0n) is 15.5. The molecule has 0 unspecified atom stereocenters. The van der Waals surface area contributed by atoms with E-state index in [-0.39, 0.29) is 0 Å². The quantitative estimate of drug-likeness (QED) is 0.488. The average Bonchev–Trinajstić information content (AvgIpc) is 2.65. The van der Waals surface area contributed by atoms with Gasteiger partial charge < -0.3 is 0 Å². The topological polar surface area (TPSA) is 0 Å². The zero-order valence-corrected chi connectivity index (χ0v) is 18.8. The minimum Gasteiger partial charge on any atom is -0.149 e. The Balaban J connectivity index is 2.23. The van der Waals surface area contributed by atoms with Crippen LogP contribution >= 0.6 is 47.0 Å². The first-order valence-electron chi connectivity index (χ1n) is 9.22. The maximum Gasteiger partial charge on any atom is 0.0557 e. The van der Waals surface area contributed by atoms with Gasteiger partial charge in [0.15, 0.2) is 0 Å². The van der Waals surface area contributed by atoms with Crippen LogP contribution in [0.25, 0.3) is 0 Å². The Morgan fingerprint density at radius 2 is 0.615 bits per heavy atom. The monoisotopic (exact) mass is 420 g/mol. The molecule has 0 N–H and O–H groups in total. The largest absolute Gasteiger partial charge is 0.149 e. The van der Waals surface area contributed by atoms with Crippen LogP contribution in [-0.4, -0.2) is 46.0 Å². The van der Waals surface area contributed by atoms with E-state index in [4.69, 9.17) is 0 Å². The van der Waals surface area contributed by atoms with Gasteiger partial charge in [-0.05, 0) is 72.4 Å². The summed E-state index contributed by atoms with van der Waals surface area (Å²) in [6.45, 7) is 0. The van der Waals surface area contributed by atoms with Gasteiger partial charge in [-0.25, -0.2) is 0 Å². The molecule has 4 heteroatoms. The van der Waals surface area contributed by atoms with Crippen molar-refractivity contribution in [3.63, 3.8) is 0 Å². The Hall–Kier alpha value is -0.360. The summed E-state index contributed by atoms with van der Waals surface area (Å²) in [5.74, 6) is 32.9. The highest BCUT2D eigenvalue weighted by molar-refractivity contribution is 8.00. The Morgan fingerprint density at radius 3 is 0.885 bits per heavy atom. The van der Waals surface area contributed by atoms with Crippen LogP contribution in [0.3, 0.4) is 0 Å². The third-order valence-corrected chi connectivity index (χ3v) is 7.03. The minimum atomic E-state index is 0.908. The molecule has 140 valence electrons. The van der Waals surface area contributed by atoms with Crippen LogP contribution in [0, 0.1) is 47.4 Å². The second-order valence-electron chi connectivity index (χ2n) is 5.54. The summed E-state index contributed by atoms with van der Waals surface area (Å²) in [6, 6.07) is 0. The SMILES string of the molecule is C1#CCSCCCCCSCC#CC#CCSCCCCCSCC#C1. The molecule has 0 nitrogen and oxygen atoms in total. The lowest BCUT2D eigenvalue weighted by atomic mass is 10.3. The highest BCUT2D eigenvalue weighted by atomic mass is 32.2. The van der Waals surface area contributed by atoms with Crippen LogP contribution in [-0.2, 0) is 0 Å². The first-order chi connectivity index (χ1) is 13.0. The molecule has 1 aliphatic heterocycles. The number of rotatable bonds is 0. The summed E-state index contributed by atoms with van der Waals surface area (Å²) in [7, 11) is 0. The molecule has 0 saturated heterocycles. The first-order valence-corrected chi connectivity index (χ1v) is 13.8. The fraction of sp³-hybridized carbons (Fsp3) is 0.636. The van der Waals surface area contributed by atoms with E-state index in [0.717, 1.165) is 23.0 Å². The molecule has 0 amide bonds. The van der Waals surface area contributed by atoms with Gasteiger partial charge in [-0.3, -0.25) is 0 Å². The lowest BCUT2D eigenvalue weighted by Gasteiger charge is -1.99. The summed E-state index contributed by atoms with van der Waals surface area (Å²) >= 11 is 7.69. The summed E-state index contributed by atoms with van der Waals surface area (Å²) in [6.07, 6.45) is 7.73. The van der Waals surface area contributed by atoms with Crippen molar-refractivity contribution < 1.29 is 0 Å². The maximum absolute atomic E-state index is 3.14. The Labute approximate surface area is 178 Å². The van der Waals surface area contributed by atoms with E-state index in [9.17, 15) is 0 Å². The van der Waals surface area contributed by atoms with Gasteiger partial charge in [0.1, 0.15) is 0 Å². The second kappa shape index (κ2) is 20.9. The maximum atomic E-state index is 3.14. The molecule has 0 radical (unpaired) electrons. The number of hydrogen-bond acceptors (Lipinski definition) is 4. The Kier molecular flexibility index (Phi) is 19.1. The van der Waals surface area contributed by atoms with Crippen LogP contribution in [0.1, 0.15) is 38.5 Å². The molecule has 0 aromatic heterocycles. The molecule has 1 rings (SSSR count). The van der Waals surface area contributed by atoms with Crippen LogP contribution in [0.15, 0.2) is 0 Å². The number of thioether (sulfide) groups is 4. The van der Waals surface area contributed by atoms with E-state index in [1.54, 1.807) is 0 Å². The molecule has 0 fully saturated rings. The molecule has 0 bridgehead atoms. The Morgan fingerprint density at radius 1 is 0.346 bits per heavy atom. The van der Waals surface area contributed by atoms with Crippen molar-refractivity contribution in [3.05, 3.63) is 0 Å². The van der Waals surface area contributed by atoms with Gasteiger partial charge in [-0.2, -0.15) is 0 Å². The van der Waals surface area contributed by atoms with E-state index in [0.29, 0.717) is 0 Å². The summed E-state index contributed by atoms with van der Waals surface area (Å²) < 4.78 is 0. The molecule has 0 aromatic carbocycles. The lowest BCUT2D eigenvalue weighted by molar-refractivity contribution is 0.786. The highest BCUT2D eigenvalue weighted by Gasteiger charge is 1.92. The summed E-state index contributed by atoms with van der Waals surface area (Å²) in [5, 5.41) is 0. The van der Waals surface area contributed by atoms with Gasteiger partial charge in [0.05, 0.1) is 23.0 Å². The molecule has 1 aliphatic rings. The van der Waals surface area contributed by atoms with Crippen LogP contribution in [0.4, 0.5) is 0 Å². The van der Waals surface area contributed by atoms with Crippen molar-refractivity contribution in [3.8, 4) is 47.4 Å². The Bertz CT molecular complexity index is 475. The van der Waals surface area contributed by atoms with Gasteiger partial charge in [0.2, 0.25) is 0 Å². The van der Waals surface area contributed by atoms with Crippen LogP contribution in [0.2, 0.25) is 0 Å². The molecular formula is C22H28S4. The van der Waals surface area contributed by atoms with Gasteiger partial charge in [0, 0.05) is 0 Å². The molecule has 0 saturated carbocycles. The molecule has 26 heavy (non-hydrogen) atoms. The van der Waals surface area contributed by atoms with Gasteiger partial charge in [0.25, 0.3) is 0 Å². The van der Waals surface area contributed by atoms with Crippen LogP contribution in [0.5, 0.6) is 0 Å². The lowest BCUT2D eigenvalue weighted by Crippen LogP contribution is -1.86. The predicted molar refractivity (Wildman–Crippen MR) is 128 cm³/mol. The van der Waals surface area contributed by atoms with Gasteiger partial charge in [-0.15, -0.1) is 47.0 Å². The third-order valence-electron chi connectivity index (χ3n) is 3.33. The molecule has 0 aromatic rings. The van der Waals surface area contributed by atoms with Crippen molar-refractivity contribution in [2.45, 2.75) is 38.5 Å². The van der Waals surface area contributed by atoms with Crippen molar-refractivity contribution >= 4 is 47.0 Å². The number of hydrogen-bond donors (Lipinski definition) is 0. The molecule has 0 aliphatic carbocycles. The van der Waals surface area contributed by atoms with Crippen molar-refractivity contribution in [2.24, 2.45) is 0 Å². The smallest absolute Gasteiger partial charge is 0.0557 e. The highest BCUT2D eigenvalue weighted by Crippen LogP contribution is 2.10. The molecular weight excluding hydrogens is 393 g/mol. The average molecular weight is 421 g/mol. The van der Waals surface area contributed by atoms with E-state index in [2.05, 4.69) is 47.4 Å². The molecule has 1 heterocycles. The third kappa shape index (κ3) is 18.4.